The molecule has 3 rings (SSSR count). The summed E-state index contributed by atoms with van der Waals surface area (Å²) in [6.07, 6.45) is 8.69. The molecule has 0 spiro atoms. The summed E-state index contributed by atoms with van der Waals surface area (Å²) in [7, 11) is 3.47. The van der Waals surface area contributed by atoms with Crippen LogP contribution in [0.25, 0.3) is 0 Å². The van der Waals surface area contributed by atoms with Crippen molar-refractivity contribution >= 4 is 11.8 Å². The van der Waals surface area contributed by atoms with Gasteiger partial charge < -0.3 is 9.80 Å². The highest BCUT2D eigenvalue weighted by Gasteiger charge is 2.35. The van der Waals surface area contributed by atoms with Gasteiger partial charge in [0.15, 0.2) is 0 Å². The lowest BCUT2D eigenvalue weighted by atomic mass is 9.83. The summed E-state index contributed by atoms with van der Waals surface area (Å²) in [5.74, 6) is 0.697. The van der Waals surface area contributed by atoms with Gasteiger partial charge >= 0.3 is 0 Å². The molecule has 0 unspecified atom stereocenters. The second-order valence-corrected chi connectivity index (χ2v) is 7.39. The number of hydrogen-bond donors (Lipinski definition) is 0. The predicted molar refractivity (Wildman–Crippen MR) is 95.1 cm³/mol. The summed E-state index contributed by atoms with van der Waals surface area (Å²) >= 11 is 0. The maximum atomic E-state index is 13.0. The van der Waals surface area contributed by atoms with E-state index in [2.05, 4.69) is 4.90 Å². The Morgan fingerprint density at radius 1 is 1.00 bits per heavy atom. The molecule has 1 aliphatic heterocycles. The van der Waals surface area contributed by atoms with Gasteiger partial charge in [-0.3, -0.25) is 9.59 Å². The minimum absolute atomic E-state index is 0.0603. The van der Waals surface area contributed by atoms with Crippen molar-refractivity contribution in [2.45, 2.75) is 51.0 Å². The topological polar surface area (TPSA) is 40.6 Å². The Morgan fingerprint density at radius 3 is 2.42 bits per heavy atom. The molecule has 0 N–H and O–H groups in total. The zero-order valence-electron chi connectivity index (χ0n) is 14.8. The lowest BCUT2D eigenvalue weighted by Crippen LogP contribution is -2.40. The van der Waals surface area contributed by atoms with Gasteiger partial charge in [-0.05, 0) is 49.8 Å². The maximum Gasteiger partial charge on any atom is 0.254 e. The van der Waals surface area contributed by atoms with E-state index in [4.69, 9.17) is 0 Å². The van der Waals surface area contributed by atoms with Crippen LogP contribution in [0.3, 0.4) is 0 Å². The van der Waals surface area contributed by atoms with Crippen LogP contribution in [0.15, 0.2) is 24.3 Å². The van der Waals surface area contributed by atoms with Crippen LogP contribution in [0.1, 0.15) is 65.7 Å². The van der Waals surface area contributed by atoms with Crippen LogP contribution in [0.2, 0.25) is 0 Å². The van der Waals surface area contributed by atoms with Crippen molar-refractivity contribution in [2.75, 3.05) is 20.6 Å². The molecular formula is C20H28N2O2. The van der Waals surface area contributed by atoms with Crippen LogP contribution in [-0.4, -0.2) is 48.3 Å². The van der Waals surface area contributed by atoms with Gasteiger partial charge in [-0.15, -0.1) is 0 Å². The third kappa shape index (κ3) is 3.47. The number of likely N-dealkylation sites (tertiary alicyclic amines) is 1. The van der Waals surface area contributed by atoms with E-state index in [0.717, 1.165) is 19.4 Å². The fraction of sp³-hybridized carbons (Fsp3) is 0.600. The summed E-state index contributed by atoms with van der Waals surface area (Å²) in [4.78, 5) is 28.8. The molecule has 1 aromatic carbocycles. The second-order valence-electron chi connectivity index (χ2n) is 7.39. The van der Waals surface area contributed by atoms with Crippen molar-refractivity contribution in [1.82, 2.24) is 9.80 Å². The van der Waals surface area contributed by atoms with Crippen LogP contribution < -0.4 is 0 Å². The first-order valence-electron chi connectivity index (χ1n) is 9.20. The van der Waals surface area contributed by atoms with Crippen LogP contribution in [0, 0.1) is 5.92 Å². The standard InChI is InChI=1S/C20H28N2O2/c1-21(2)19(23)16-10-6-11-17(14-16)20(24)22-13-7-12-18(22)15-8-4-3-5-9-15/h6,10-11,14-15,18H,3-5,7-9,12-13H2,1-2H3/t18-/m1/s1. The zero-order chi connectivity index (χ0) is 17.1. The summed E-state index contributed by atoms with van der Waals surface area (Å²) in [5.41, 5.74) is 1.23. The number of rotatable bonds is 3. The van der Waals surface area contributed by atoms with Gasteiger partial charge in [0, 0.05) is 37.8 Å². The maximum absolute atomic E-state index is 13.0. The normalized spacial score (nSPS) is 21.8. The molecule has 1 saturated heterocycles. The highest BCUT2D eigenvalue weighted by molar-refractivity contribution is 5.99. The van der Waals surface area contributed by atoms with Crippen LogP contribution in [0.5, 0.6) is 0 Å². The molecule has 24 heavy (non-hydrogen) atoms. The first kappa shape index (κ1) is 17.0. The summed E-state index contributed by atoms with van der Waals surface area (Å²) in [5, 5.41) is 0. The van der Waals surface area contributed by atoms with Gasteiger partial charge in [-0.25, -0.2) is 0 Å². The molecule has 1 atom stereocenters. The summed E-state index contributed by atoms with van der Waals surface area (Å²) in [6, 6.07) is 7.58. The molecule has 1 aliphatic carbocycles. The van der Waals surface area contributed by atoms with Gasteiger partial charge in [0.1, 0.15) is 0 Å². The number of carbonyl (C=O) groups excluding carboxylic acids is 2. The van der Waals surface area contributed by atoms with Crippen LogP contribution >= 0.6 is 0 Å². The molecule has 1 aromatic rings. The largest absolute Gasteiger partial charge is 0.345 e. The van der Waals surface area contributed by atoms with Crippen LogP contribution in [-0.2, 0) is 0 Å². The van der Waals surface area contributed by atoms with E-state index in [1.807, 2.05) is 12.1 Å². The molecule has 2 amide bonds. The Balaban J connectivity index is 1.77. The molecule has 1 saturated carbocycles. The van der Waals surface area contributed by atoms with Crippen molar-refractivity contribution in [3.05, 3.63) is 35.4 Å². The first-order chi connectivity index (χ1) is 11.6. The van der Waals surface area contributed by atoms with Gasteiger partial charge in [-0.2, -0.15) is 0 Å². The molecular weight excluding hydrogens is 300 g/mol. The fourth-order valence-corrected chi connectivity index (χ4v) is 4.26. The van der Waals surface area contributed by atoms with E-state index in [1.165, 1.54) is 32.1 Å². The predicted octanol–water partition coefficient (Wildman–Crippen LogP) is 3.57. The quantitative estimate of drug-likeness (QED) is 0.851. The molecule has 4 nitrogen and oxygen atoms in total. The molecule has 2 fully saturated rings. The van der Waals surface area contributed by atoms with Crippen molar-refractivity contribution in [3.8, 4) is 0 Å². The Kier molecular flexibility index (Phi) is 5.22. The molecule has 0 bridgehead atoms. The smallest absolute Gasteiger partial charge is 0.254 e. The molecule has 0 aromatic heterocycles. The Morgan fingerprint density at radius 2 is 1.71 bits per heavy atom. The second kappa shape index (κ2) is 7.37. The number of hydrogen-bond acceptors (Lipinski definition) is 2. The average molecular weight is 328 g/mol. The number of benzene rings is 1. The van der Waals surface area contributed by atoms with Gasteiger partial charge in [-0.1, -0.05) is 25.3 Å². The van der Waals surface area contributed by atoms with E-state index in [-0.39, 0.29) is 11.8 Å². The monoisotopic (exact) mass is 328 g/mol. The highest BCUT2D eigenvalue weighted by Crippen LogP contribution is 2.35. The Labute approximate surface area is 144 Å². The minimum atomic E-state index is -0.0603. The van der Waals surface area contributed by atoms with E-state index in [0.29, 0.717) is 23.1 Å². The zero-order valence-corrected chi connectivity index (χ0v) is 14.8. The van der Waals surface area contributed by atoms with E-state index in [9.17, 15) is 9.59 Å². The van der Waals surface area contributed by atoms with Crippen molar-refractivity contribution < 1.29 is 9.59 Å². The van der Waals surface area contributed by atoms with Gasteiger partial charge in [0.05, 0.1) is 0 Å². The SMILES string of the molecule is CN(C)C(=O)c1cccc(C(=O)N2CCC[C@@H]2C2CCCCC2)c1. The molecule has 130 valence electrons. The number of nitrogens with zero attached hydrogens (tertiary/aromatic N) is 2. The number of carbonyl (C=O) groups is 2. The fourth-order valence-electron chi connectivity index (χ4n) is 4.26. The van der Waals surface area contributed by atoms with Crippen LogP contribution in [0.4, 0.5) is 0 Å². The van der Waals surface area contributed by atoms with Crippen molar-refractivity contribution in [2.24, 2.45) is 5.92 Å². The molecule has 0 radical (unpaired) electrons. The third-order valence-corrected chi connectivity index (χ3v) is 5.52. The molecule has 1 heterocycles. The lowest BCUT2D eigenvalue weighted by molar-refractivity contribution is 0.0661. The third-order valence-electron chi connectivity index (χ3n) is 5.52. The van der Waals surface area contributed by atoms with E-state index >= 15 is 0 Å². The first-order valence-corrected chi connectivity index (χ1v) is 9.20. The van der Waals surface area contributed by atoms with Crippen molar-refractivity contribution in [3.63, 3.8) is 0 Å². The molecule has 2 aliphatic rings. The summed E-state index contributed by atoms with van der Waals surface area (Å²) < 4.78 is 0. The lowest BCUT2D eigenvalue weighted by Gasteiger charge is -2.34. The minimum Gasteiger partial charge on any atom is -0.345 e. The van der Waals surface area contributed by atoms with Gasteiger partial charge in [0.2, 0.25) is 0 Å². The molecule has 4 heteroatoms. The number of amides is 2. The van der Waals surface area contributed by atoms with Crippen molar-refractivity contribution in [1.29, 1.82) is 0 Å². The highest BCUT2D eigenvalue weighted by atomic mass is 16.2. The Hall–Kier alpha value is -1.84. The summed E-state index contributed by atoms with van der Waals surface area (Å²) in [6.45, 7) is 0.853. The van der Waals surface area contributed by atoms with E-state index in [1.54, 1.807) is 31.1 Å². The van der Waals surface area contributed by atoms with Gasteiger partial charge in [0.25, 0.3) is 11.8 Å². The van der Waals surface area contributed by atoms with E-state index < -0.39 is 0 Å². The Bertz CT molecular complexity index is 605. The average Bonchev–Trinajstić information content (AvgIpc) is 3.11.